The molecule has 2 N–H and O–H groups in total. The highest BCUT2D eigenvalue weighted by Gasteiger charge is 2.51. The highest BCUT2D eigenvalue weighted by atomic mass is 16.5. The monoisotopic (exact) mass is 289 g/mol. The van der Waals surface area contributed by atoms with Gasteiger partial charge in [-0.15, -0.1) is 0 Å². The molecule has 21 heavy (non-hydrogen) atoms. The van der Waals surface area contributed by atoms with Gasteiger partial charge in [0.2, 0.25) is 0 Å². The second kappa shape index (κ2) is 5.76. The molecule has 0 aromatic heterocycles. The Bertz CT molecular complexity index is 524. The molecule has 2 saturated carbocycles. The fraction of sp³-hybridized carbons (Fsp3) is 0.500. The number of aliphatic carboxylic acids is 1. The molecule has 0 radical (unpaired) electrons. The Kier molecular flexibility index (Phi) is 3.82. The molecule has 0 bridgehead atoms. The maximum atomic E-state index is 11.7. The van der Waals surface area contributed by atoms with Gasteiger partial charge in [-0.3, -0.25) is 4.79 Å². The summed E-state index contributed by atoms with van der Waals surface area (Å²) < 4.78 is 5.16. The van der Waals surface area contributed by atoms with Gasteiger partial charge in [0.1, 0.15) is 6.61 Å². The lowest BCUT2D eigenvalue weighted by atomic mass is 9.76. The van der Waals surface area contributed by atoms with Crippen molar-refractivity contribution in [3.05, 3.63) is 35.9 Å². The third-order valence-corrected chi connectivity index (χ3v) is 4.47. The summed E-state index contributed by atoms with van der Waals surface area (Å²) in [5.74, 6) is -0.0638. The van der Waals surface area contributed by atoms with Gasteiger partial charge in [0.25, 0.3) is 0 Å². The van der Waals surface area contributed by atoms with E-state index in [0.717, 1.165) is 24.8 Å². The van der Waals surface area contributed by atoms with E-state index in [1.165, 1.54) is 0 Å². The molecule has 112 valence electrons. The van der Waals surface area contributed by atoms with Crippen LogP contribution in [-0.2, 0) is 16.1 Å². The van der Waals surface area contributed by atoms with Crippen LogP contribution in [0.15, 0.2) is 30.3 Å². The highest BCUT2D eigenvalue weighted by Crippen LogP contribution is 2.51. The molecule has 2 fully saturated rings. The number of carbonyl (C=O) groups excluding carboxylic acids is 1. The minimum absolute atomic E-state index is 0.133. The maximum absolute atomic E-state index is 11.7. The summed E-state index contributed by atoms with van der Waals surface area (Å²) in [6, 6.07) is 9.68. The van der Waals surface area contributed by atoms with Crippen LogP contribution < -0.4 is 5.32 Å². The van der Waals surface area contributed by atoms with Gasteiger partial charge >= 0.3 is 12.1 Å². The molecular weight excluding hydrogens is 270 g/mol. The summed E-state index contributed by atoms with van der Waals surface area (Å²) in [5, 5.41) is 11.7. The van der Waals surface area contributed by atoms with Gasteiger partial charge in [-0.1, -0.05) is 30.3 Å². The third kappa shape index (κ3) is 3.35. The van der Waals surface area contributed by atoms with Crippen molar-refractivity contribution in [1.29, 1.82) is 0 Å². The van der Waals surface area contributed by atoms with E-state index in [4.69, 9.17) is 9.84 Å². The van der Waals surface area contributed by atoms with Crippen LogP contribution in [0.4, 0.5) is 4.79 Å². The van der Waals surface area contributed by atoms with Crippen molar-refractivity contribution < 1.29 is 19.4 Å². The first-order valence-corrected chi connectivity index (χ1v) is 7.33. The van der Waals surface area contributed by atoms with E-state index < -0.39 is 12.1 Å². The maximum Gasteiger partial charge on any atom is 0.407 e. The average Bonchev–Trinajstić information content (AvgIpc) is 3.21. The number of nitrogens with one attached hydrogen (secondary N) is 1. The summed E-state index contributed by atoms with van der Waals surface area (Å²) in [6.45, 7) is 0.270. The van der Waals surface area contributed by atoms with E-state index >= 15 is 0 Å². The van der Waals surface area contributed by atoms with E-state index in [1.54, 1.807) is 0 Å². The first kappa shape index (κ1) is 13.9. The van der Waals surface area contributed by atoms with Gasteiger partial charge in [0, 0.05) is 6.04 Å². The van der Waals surface area contributed by atoms with Crippen LogP contribution in [0.2, 0.25) is 0 Å². The molecule has 0 saturated heterocycles. The fourth-order valence-electron chi connectivity index (χ4n) is 3.08. The Morgan fingerprint density at radius 3 is 2.52 bits per heavy atom. The van der Waals surface area contributed by atoms with Gasteiger partial charge in [-0.05, 0) is 36.7 Å². The molecule has 1 unspecified atom stereocenters. The number of benzene rings is 1. The van der Waals surface area contributed by atoms with Gasteiger partial charge in [-0.2, -0.15) is 0 Å². The lowest BCUT2D eigenvalue weighted by molar-refractivity contribution is -0.139. The van der Waals surface area contributed by atoms with Gasteiger partial charge < -0.3 is 15.2 Å². The number of hydrogen-bond donors (Lipinski definition) is 2. The normalized spacial score (nSPS) is 30.1. The molecule has 2 aliphatic carbocycles. The number of carbonyl (C=O) groups is 2. The summed E-state index contributed by atoms with van der Waals surface area (Å²) in [7, 11) is 0. The molecule has 0 heterocycles. The topological polar surface area (TPSA) is 75.6 Å². The quantitative estimate of drug-likeness (QED) is 0.872. The molecular formula is C16H19NO4. The van der Waals surface area contributed by atoms with Crippen LogP contribution in [0, 0.1) is 17.8 Å². The molecule has 1 amide bonds. The minimum Gasteiger partial charge on any atom is -0.481 e. The van der Waals surface area contributed by atoms with Crippen LogP contribution in [0.1, 0.15) is 24.8 Å². The molecule has 3 rings (SSSR count). The summed E-state index contributed by atoms with van der Waals surface area (Å²) in [5.41, 5.74) is 0.960. The predicted molar refractivity (Wildman–Crippen MR) is 75.5 cm³/mol. The van der Waals surface area contributed by atoms with Crippen molar-refractivity contribution in [2.75, 3.05) is 0 Å². The molecule has 0 spiro atoms. The lowest BCUT2D eigenvalue weighted by Gasteiger charge is -2.35. The van der Waals surface area contributed by atoms with E-state index in [1.807, 2.05) is 30.3 Å². The zero-order valence-electron chi connectivity index (χ0n) is 11.7. The smallest absolute Gasteiger partial charge is 0.407 e. The van der Waals surface area contributed by atoms with Crippen molar-refractivity contribution in [2.45, 2.75) is 31.9 Å². The van der Waals surface area contributed by atoms with E-state index in [9.17, 15) is 9.59 Å². The zero-order chi connectivity index (χ0) is 14.8. The van der Waals surface area contributed by atoms with E-state index in [2.05, 4.69) is 5.32 Å². The lowest BCUT2D eigenvalue weighted by Crippen LogP contribution is -2.45. The van der Waals surface area contributed by atoms with Crippen LogP contribution in [-0.4, -0.2) is 23.2 Å². The van der Waals surface area contributed by atoms with Gasteiger partial charge in [0.15, 0.2) is 0 Å². The standard InChI is InChI=1S/C16H19NO4/c18-15(19)14-8-13(14)11-6-12(7-11)17-16(20)21-9-10-4-2-1-3-5-10/h1-5,11-14H,6-9H2,(H,17,20)(H,18,19)/t11?,12?,13?,14-/m1/s1. The minimum atomic E-state index is -0.682. The van der Waals surface area contributed by atoms with Crippen molar-refractivity contribution in [1.82, 2.24) is 5.32 Å². The van der Waals surface area contributed by atoms with Gasteiger partial charge in [0.05, 0.1) is 5.92 Å². The molecule has 5 nitrogen and oxygen atoms in total. The average molecular weight is 289 g/mol. The molecule has 2 aliphatic rings. The number of carboxylic acid groups (broad SMARTS) is 1. The molecule has 0 aliphatic heterocycles. The third-order valence-electron chi connectivity index (χ3n) is 4.47. The second-order valence-corrected chi connectivity index (χ2v) is 5.98. The van der Waals surface area contributed by atoms with Crippen LogP contribution >= 0.6 is 0 Å². The Morgan fingerprint density at radius 1 is 1.19 bits per heavy atom. The number of hydrogen-bond acceptors (Lipinski definition) is 3. The SMILES string of the molecule is O=C(NC1CC(C2C[C@H]2C(=O)O)C1)OCc1ccccc1. The molecule has 5 heteroatoms. The Morgan fingerprint density at radius 2 is 1.90 bits per heavy atom. The first-order valence-electron chi connectivity index (χ1n) is 7.33. The number of ether oxygens (including phenoxy) is 1. The van der Waals surface area contributed by atoms with Crippen LogP contribution in [0.3, 0.4) is 0 Å². The molecule has 2 atom stereocenters. The van der Waals surface area contributed by atoms with Crippen molar-refractivity contribution in [2.24, 2.45) is 17.8 Å². The van der Waals surface area contributed by atoms with Crippen molar-refractivity contribution in [3.63, 3.8) is 0 Å². The largest absolute Gasteiger partial charge is 0.481 e. The highest BCUT2D eigenvalue weighted by molar-refractivity contribution is 5.73. The summed E-state index contributed by atoms with van der Waals surface area (Å²) in [6.07, 6.45) is 2.14. The van der Waals surface area contributed by atoms with Crippen molar-refractivity contribution in [3.8, 4) is 0 Å². The Labute approximate surface area is 123 Å². The molecule has 1 aromatic carbocycles. The van der Waals surface area contributed by atoms with Crippen LogP contribution in [0.5, 0.6) is 0 Å². The first-order chi connectivity index (χ1) is 10.1. The van der Waals surface area contributed by atoms with E-state index in [-0.39, 0.29) is 18.6 Å². The number of rotatable bonds is 5. The van der Waals surface area contributed by atoms with E-state index in [0.29, 0.717) is 11.8 Å². The fourth-order valence-corrected chi connectivity index (χ4v) is 3.08. The predicted octanol–water partition coefficient (Wildman–Crippen LogP) is 2.41. The molecule has 1 aromatic rings. The summed E-state index contributed by atoms with van der Waals surface area (Å²) >= 11 is 0. The zero-order valence-corrected chi connectivity index (χ0v) is 11.7. The number of alkyl carbamates (subject to hydrolysis) is 1. The number of carboxylic acids is 1. The number of amides is 1. The van der Waals surface area contributed by atoms with Crippen LogP contribution in [0.25, 0.3) is 0 Å². The van der Waals surface area contributed by atoms with Gasteiger partial charge in [-0.25, -0.2) is 4.79 Å². The Balaban J connectivity index is 1.33. The van der Waals surface area contributed by atoms with Crippen molar-refractivity contribution >= 4 is 12.1 Å². The second-order valence-electron chi connectivity index (χ2n) is 5.98. The summed E-state index contributed by atoms with van der Waals surface area (Å²) in [4.78, 5) is 22.5. The Hall–Kier alpha value is -2.04.